The lowest BCUT2D eigenvalue weighted by Crippen LogP contribution is -2.03. The number of hydrogen-bond acceptors (Lipinski definition) is 8. The van der Waals surface area contributed by atoms with Crippen molar-refractivity contribution in [1.29, 1.82) is 0 Å². The van der Waals surface area contributed by atoms with Crippen molar-refractivity contribution >= 4 is 107 Å². The van der Waals surface area contributed by atoms with E-state index in [2.05, 4.69) is 397 Å². The zero-order valence-corrected chi connectivity index (χ0v) is 68.6. The van der Waals surface area contributed by atoms with Crippen LogP contribution in [0.25, 0.3) is 230 Å². The van der Waals surface area contributed by atoms with Gasteiger partial charge in [-0.2, -0.15) is 0 Å². The molecule has 6 heterocycles. The fourth-order valence-electron chi connectivity index (χ4n) is 17.7. The second-order valence-electron chi connectivity index (χ2n) is 31.2. The molecule has 0 aliphatic rings. The van der Waals surface area contributed by atoms with E-state index in [1.165, 1.54) is 118 Å². The van der Waals surface area contributed by atoms with Crippen molar-refractivity contribution in [1.82, 2.24) is 39.0 Å². The summed E-state index contributed by atoms with van der Waals surface area (Å²) in [5.74, 6) is 3.76. The summed E-state index contributed by atoms with van der Waals surface area (Å²) in [5.41, 5.74) is 26.6. The minimum Gasteiger partial charge on any atom is -0.308 e. The third-order valence-electron chi connectivity index (χ3n) is 23.8. The predicted molar refractivity (Wildman–Crippen MR) is 519 cm³/mol. The van der Waals surface area contributed by atoms with Crippen molar-refractivity contribution in [2.75, 3.05) is 0 Å². The zero-order valence-electron chi connectivity index (χ0n) is 67.0. The van der Waals surface area contributed by atoms with Crippen LogP contribution in [-0.2, 0) is 0 Å². The predicted octanol–water partition coefficient (Wildman–Crippen LogP) is 30.7. The van der Waals surface area contributed by atoms with Crippen LogP contribution < -0.4 is 0 Å². The number of nitrogens with zero attached hydrogens (tertiary/aromatic N) is 8. The van der Waals surface area contributed by atoms with Gasteiger partial charge in [0.05, 0.1) is 33.4 Å². The number of fused-ring (bicyclic) bond motifs is 12. The average molecular weight is 1620 g/mol. The maximum atomic E-state index is 5.24. The van der Waals surface area contributed by atoms with Crippen LogP contribution in [0.5, 0.6) is 0 Å². The normalized spacial score (nSPS) is 11.5. The first-order valence-corrected chi connectivity index (χ1v) is 43.3. The van der Waals surface area contributed by atoms with Gasteiger partial charge in [0.15, 0.2) is 34.9 Å². The van der Waals surface area contributed by atoms with Gasteiger partial charge in [-0.25, -0.2) is 29.9 Å². The standard InChI is InChI=1S/2C57H36N4S/c1-4-16-37(17-5-1)39-30-32-41(33-31-39)56-58-55(40-20-8-3-9-21-40)59-57(60-56)47-25-11-13-29-51(47)61-50-28-12-10-24-45(50)48-35-49-46-27-15-26-44(54(46)62-53(49)36-52(48)61)43-23-14-22-42(34-43)38-18-6-2-7-19-38;1-4-15-37(16-5-1)39-27-31-41(32-28-39)44-23-14-24-46-49-35-48-45-21-10-12-25-50(45)61(52(48)36-53(49)62-54(44)46)51-26-13-11-22-47(51)57-59-55(42-19-8-3-9-20-42)58-56(60-57)43-33-29-40(30-34-43)38-17-6-2-7-18-38/h2*1-36H. The van der Waals surface area contributed by atoms with Crippen LogP contribution in [-0.4, -0.2) is 39.0 Å². The summed E-state index contributed by atoms with van der Waals surface area (Å²) in [5, 5.41) is 9.90. The molecule has 0 amide bonds. The SMILES string of the molecule is c1ccc(-c2ccc(-c3nc(-c4ccccc4)nc(-c4ccccc4-n4c5ccccc5c5cc6c(cc54)sc4c(-c5ccc(-c7ccccc7)cc5)cccc46)n3)cc2)cc1.c1ccc(-c2ccc(-c3nc(-c4ccccc4)nc(-c4ccccc4-n4c5ccccc5c5cc6c(cc54)sc4c(-c5cccc(-c7ccccc7)c5)cccc46)n3)cc2)cc1. The molecular formula is C114H72N8S2. The van der Waals surface area contributed by atoms with Crippen molar-refractivity contribution in [3.05, 3.63) is 437 Å². The molecule has 0 aliphatic heterocycles. The minimum atomic E-state index is 0.618. The summed E-state index contributed by atoms with van der Waals surface area (Å²) >= 11 is 3.73. The smallest absolute Gasteiger partial charge is 0.166 e. The zero-order chi connectivity index (χ0) is 82.0. The molecule has 0 saturated carbocycles. The van der Waals surface area contributed by atoms with Gasteiger partial charge in [0.2, 0.25) is 0 Å². The molecule has 24 aromatic rings. The molecule has 10 heteroatoms. The molecule has 0 atom stereocenters. The number of thiophene rings is 2. The van der Waals surface area contributed by atoms with Gasteiger partial charge in [-0.15, -0.1) is 22.7 Å². The molecule has 124 heavy (non-hydrogen) atoms. The molecule has 0 fully saturated rings. The molecule has 0 spiro atoms. The first-order valence-electron chi connectivity index (χ1n) is 41.7. The molecular weight excluding hydrogens is 1550 g/mol. The van der Waals surface area contributed by atoms with Crippen LogP contribution in [0, 0.1) is 0 Å². The lowest BCUT2D eigenvalue weighted by atomic mass is 9.98. The highest BCUT2D eigenvalue weighted by molar-refractivity contribution is 7.27. The van der Waals surface area contributed by atoms with E-state index in [9.17, 15) is 0 Å². The third-order valence-corrected chi connectivity index (χ3v) is 26.2. The average Bonchev–Trinajstić information content (AvgIpc) is 1.57. The molecule has 0 radical (unpaired) electrons. The molecule has 580 valence electrons. The maximum absolute atomic E-state index is 5.24. The van der Waals surface area contributed by atoms with Crippen LogP contribution in [0.15, 0.2) is 437 Å². The molecule has 18 aromatic carbocycles. The second kappa shape index (κ2) is 31.3. The summed E-state index contributed by atoms with van der Waals surface area (Å²) in [6, 6.07) is 155. The summed E-state index contributed by atoms with van der Waals surface area (Å²) < 4.78 is 9.87. The van der Waals surface area contributed by atoms with Crippen molar-refractivity contribution < 1.29 is 0 Å². The van der Waals surface area contributed by atoms with Gasteiger partial charge >= 0.3 is 0 Å². The van der Waals surface area contributed by atoms with Crippen molar-refractivity contribution in [2.45, 2.75) is 0 Å². The molecule has 24 rings (SSSR count). The van der Waals surface area contributed by atoms with E-state index < -0.39 is 0 Å². The highest BCUT2D eigenvalue weighted by atomic mass is 32.1. The lowest BCUT2D eigenvalue weighted by Gasteiger charge is -2.14. The lowest BCUT2D eigenvalue weighted by molar-refractivity contribution is 1.06. The van der Waals surface area contributed by atoms with Gasteiger partial charge < -0.3 is 9.13 Å². The molecule has 0 N–H and O–H groups in total. The monoisotopic (exact) mass is 1620 g/mol. The van der Waals surface area contributed by atoms with Crippen molar-refractivity contribution in [2.24, 2.45) is 0 Å². The summed E-state index contributed by atoms with van der Waals surface area (Å²) in [7, 11) is 0. The molecule has 8 nitrogen and oxygen atoms in total. The first kappa shape index (κ1) is 73.2. The van der Waals surface area contributed by atoms with Crippen LogP contribution in [0.4, 0.5) is 0 Å². The Kier molecular flexibility index (Phi) is 18.5. The second-order valence-corrected chi connectivity index (χ2v) is 33.3. The highest BCUT2D eigenvalue weighted by Gasteiger charge is 2.25. The van der Waals surface area contributed by atoms with Crippen molar-refractivity contribution in [3.8, 4) is 146 Å². The number of para-hydroxylation sites is 4. The molecule has 0 bridgehead atoms. The van der Waals surface area contributed by atoms with E-state index in [0.29, 0.717) is 34.9 Å². The Bertz CT molecular complexity index is 8170. The number of hydrogen-bond donors (Lipinski definition) is 0. The Morgan fingerprint density at radius 3 is 0.823 bits per heavy atom. The van der Waals surface area contributed by atoms with Crippen molar-refractivity contribution in [3.63, 3.8) is 0 Å². The quantitative estimate of drug-likeness (QED) is 0.108. The highest BCUT2D eigenvalue weighted by Crippen LogP contribution is 2.48. The Morgan fingerprint density at radius 1 is 0.153 bits per heavy atom. The number of aromatic nitrogens is 8. The van der Waals surface area contributed by atoms with E-state index in [0.717, 1.165) is 77.9 Å². The van der Waals surface area contributed by atoms with Crippen LogP contribution in [0.2, 0.25) is 0 Å². The van der Waals surface area contributed by atoms with Gasteiger partial charge in [0.25, 0.3) is 0 Å². The Morgan fingerprint density at radius 2 is 0.419 bits per heavy atom. The third kappa shape index (κ3) is 13.3. The Labute approximate surface area is 723 Å². The molecule has 0 unspecified atom stereocenters. The Balaban J connectivity index is 0.000000143. The van der Waals surface area contributed by atoms with Gasteiger partial charge in [-0.3, -0.25) is 0 Å². The van der Waals surface area contributed by atoms with Crippen LogP contribution in [0.1, 0.15) is 0 Å². The van der Waals surface area contributed by atoms with Gasteiger partial charge in [-0.05, 0) is 133 Å². The molecule has 0 saturated heterocycles. The van der Waals surface area contributed by atoms with E-state index in [1.807, 2.05) is 71.2 Å². The topological polar surface area (TPSA) is 87.2 Å². The summed E-state index contributed by atoms with van der Waals surface area (Å²) in [4.78, 5) is 31.0. The fourth-order valence-corrected chi connectivity index (χ4v) is 20.3. The van der Waals surface area contributed by atoms with Gasteiger partial charge in [0, 0.05) is 95.3 Å². The first-order chi connectivity index (χ1) is 61.5. The van der Waals surface area contributed by atoms with Crippen LogP contribution >= 0.6 is 22.7 Å². The van der Waals surface area contributed by atoms with Gasteiger partial charge in [0.1, 0.15) is 0 Å². The Hall–Kier alpha value is -16.0. The summed E-state index contributed by atoms with van der Waals surface area (Å²) in [6.07, 6.45) is 0. The molecule has 6 aromatic heterocycles. The maximum Gasteiger partial charge on any atom is 0.166 e. The van der Waals surface area contributed by atoms with Gasteiger partial charge in [-0.1, -0.05) is 370 Å². The largest absolute Gasteiger partial charge is 0.308 e. The molecule has 0 aliphatic carbocycles. The van der Waals surface area contributed by atoms with E-state index >= 15 is 0 Å². The van der Waals surface area contributed by atoms with E-state index in [-0.39, 0.29) is 0 Å². The summed E-state index contributed by atoms with van der Waals surface area (Å²) in [6.45, 7) is 0. The van der Waals surface area contributed by atoms with Crippen LogP contribution in [0.3, 0.4) is 0 Å². The van der Waals surface area contributed by atoms with E-state index in [4.69, 9.17) is 29.9 Å². The number of benzene rings is 18. The van der Waals surface area contributed by atoms with E-state index in [1.54, 1.807) is 0 Å². The minimum absolute atomic E-state index is 0.618. The fraction of sp³-hybridized carbons (Fsp3) is 0. The number of rotatable bonds is 14.